The van der Waals surface area contributed by atoms with Crippen LogP contribution in [0.25, 0.3) is 0 Å². The van der Waals surface area contributed by atoms with Gasteiger partial charge in [-0.2, -0.15) is 0 Å². The normalized spacial score (nSPS) is 10.3. The maximum atomic E-state index is 10.9. The van der Waals surface area contributed by atoms with E-state index in [2.05, 4.69) is 15.9 Å². The molecule has 2 aromatic rings. The van der Waals surface area contributed by atoms with E-state index in [0.717, 1.165) is 9.35 Å². The second-order valence-electron chi connectivity index (χ2n) is 3.37. The van der Waals surface area contributed by atoms with Gasteiger partial charge in [-0.3, -0.25) is 10.1 Å². The van der Waals surface area contributed by atoms with Gasteiger partial charge in [-0.15, -0.1) is 11.3 Å². The first-order valence-electron chi connectivity index (χ1n) is 4.86. The second kappa shape index (κ2) is 5.69. The first kappa shape index (κ1) is 13.3. The first-order valence-corrected chi connectivity index (χ1v) is 6.91. The lowest BCUT2D eigenvalue weighted by Gasteiger charge is -2.06. The van der Waals surface area contributed by atoms with Crippen molar-refractivity contribution >= 4 is 44.6 Å². The van der Waals surface area contributed by atoms with E-state index >= 15 is 0 Å². The summed E-state index contributed by atoms with van der Waals surface area (Å²) in [6.45, 7) is 0.251. The van der Waals surface area contributed by atoms with Crippen molar-refractivity contribution in [2.45, 2.75) is 6.61 Å². The number of hydrogen-bond acceptors (Lipinski definition) is 4. The monoisotopic (exact) mass is 347 g/mol. The van der Waals surface area contributed by atoms with Crippen LogP contribution in [0.3, 0.4) is 0 Å². The minimum atomic E-state index is -0.508. The zero-order valence-corrected chi connectivity index (χ0v) is 12.1. The molecule has 0 aliphatic heterocycles. The highest BCUT2D eigenvalue weighted by atomic mass is 79.9. The summed E-state index contributed by atoms with van der Waals surface area (Å²) in [5.74, 6) is 0.105. The number of halogens is 2. The van der Waals surface area contributed by atoms with Gasteiger partial charge < -0.3 is 4.74 Å². The largest absolute Gasteiger partial charge is 0.480 e. The van der Waals surface area contributed by atoms with Crippen LogP contribution >= 0.6 is 38.9 Å². The van der Waals surface area contributed by atoms with Gasteiger partial charge in [-0.25, -0.2) is 0 Å². The van der Waals surface area contributed by atoms with Crippen LogP contribution in [0.1, 0.15) is 4.88 Å². The second-order valence-corrected chi connectivity index (χ2v) is 5.68. The van der Waals surface area contributed by atoms with Gasteiger partial charge in [0.05, 0.1) is 9.95 Å². The fourth-order valence-corrected chi connectivity index (χ4v) is 2.94. The molecule has 4 nitrogen and oxygen atoms in total. The molecule has 7 heteroatoms. The predicted octanol–water partition coefficient (Wildman–Crippen LogP) is 4.65. The molecular weight excluding hydrogens is 342 g/mol. The molecule has 0 radical (unpaired) electrons. The van der Waals surface area contributed by atoms with Gasteiger partial charge in [0.2, 0.25) is 5.75 Å². The van der Waals surface area contributed by atoms with Gasteiger partial charge in [-0.1, -0.05) is 17.7 Å². The summed E-state index contributed by atoms with van der Waals surface area (Å²) in [6, 6.07) is 6.35. The van der Waals surface area contributed by atoms with Crippen molar-refractivity contribution in [1.29, 1.82) is 0 Å². The van der Waals surface area contributed by atoms with Gasteiger partial charge in [0, 0.05) is 20.8 Å². The number of thiophene rings is 1. The topological polar surface area (TPSA) is 52.4 Å². The average Bonchev–Trinajstić information content (AvgIpc) is 2.73. The van der Waals surface area contributed by atoms with Gasteiger partial charge in [0.25, 0.3) is 0 Å². The van der Waals surface area contributed by atoms with Gasteiger partial charge in [-0.05, 0) is 28.1 Å². The third-order valence-electron chi connectivity index (χ3n) is 2.12. The van der Waals surface area contributed by atoms with Crippen LogP contribution in [-0.4, -0.2) is 4.92 Å². The molecule has 2 rings (SSSR count). The number of ether oxygens (including phenoxy) is 1. The van der Waals surface area contributed by atoms with E-state index in [-0.39, 0.29) is 23.1 Å². The zero-order valence-electron chi connectivity index (χ0n) is 8.93. The smallest absolute Gasteiger partial charge is 0.312 e. The molecule has 0 atom stereocenters. The summed E-state index contributed by atoms with van der Waals surface area (Å²) in [6.07, 6.45) is 0. The Morgan fingerprint density at radius 2 is 2.28 bits per heavy atom. The molecule has 1 aromatic carbocycles. The number of nitro groups is 1. The van der Waals surface area contributed by atoms with Crippen LogP contribution in [0.15, 0.2) is 34.1 Å². The lowest BCUT2D eigenvalue weighted by atomic mass is 10.3. The molecule has 0 saturated heterocycles. The summed E-state index contributed by atoms with van der Waals surface area (Å²) in [4.78, 5) is 11.3. The predicted molar refractivity (Wildman–Crippen MR) is 74.5 cm³/mol. The zero-order chi connectivity index (χ0) is 13.1. The van der Waals surface area contributed by atoms with Gasteiger partial charge in [0.15, 0.2) is 0 Å². The highest BCUT2D eigenvalue weighted by Gasteiger charge is 2.18. The summed E-state index contributed by atoms with van der Waals surface area (Å²) in [5, 5.41) is 13.0. The van der Waals surface area contributed by atoms with Gasteiger partial charge in [0.1, 0.15) is 6.61 Å². The molecule has 0 N–H and O–H groups in total. The summed E-state index contributed by atoms with van der Waals surface area (Å²) in [7, 11) is 0. The minimum Gasteiger partial charge on any atom is -0.480 e. The van der Waals surface area contributed by atoms with Crippen LogP contribution in [0.2, 0.25) is 5.02 Å². The van der Waals surface area contributed by atoms with Crippen molar-refractivity contribution in [2.24, 2.45) is 0 Å². The standard InChI is InChI=1S/C11H7BrClNO3S/c12-7-4-8(18-6-7)5-17-11-9(13)2-1-3-10(11)14(15)16/h1-4,6H,5H2. The average molecular weight is 349 g/mol. The Bertz CT molecular complexity index is 587. The van der Waals surface area contributed by atoms with E-state index in [1.165, 1.54) is 23.5 Å². The van der Waals surface area contributed by atoms with Crippen molar-refractivity contribution < 1.29 is 9.66 Å². The molecule has 0 fully saturated rings. The summed E-state index contributed by atoms with van der Waals surface area (Å²) >= 11 is 10.7. The van der Waals surface area contributed by atoms with Crippen molar-refractivity contribution in [2.75, 3.05) is 0 Å². The number of rotatable bonds is 4. The van der Waals surface area contributed by atoms with Crippen molar-refractivity contribution in [1.82, 2.24) is 0 Å². The molecule has 1 heterocycles. The van der Waals surface area contributed by atoms with E-state index in [9.17, 15) is 10.1 Å². The Morgan fingerprint density at radius 1 is 1.50 bits per heavy atom. The summed E-state index contributed by atoms with van der Waals surface area (Å²) in [5.41, 5.74) is -0.127. The van der Waals surface area contributed by atoms with Crippen LogP contribution < -0.4 is 4.74 Å². The number of nitro benzene ring substituents is 1. The molecular formula is C11H7BrClNO3S. The third-order valence-corrected chi connectivity index (χ3v) is 4.09. The summed E-state index contributed by atoms with van der Waals surface area (Å²) < 4.78 is 6.40. The number of benzene rings is 1. The SMILES string of the molecule is O=[N+]([O-])c1cccc(Cl)c1OCc1cc(Br)cs1. The van der Waals surface area contributed by atoms with E-state index in [1.807, 2.05) is 11.4 Å². The first-order chi connectivity index (χ1) is 8.58. The lowest BCUT2D eigenvalue weighted by Crippen LogP contribution is -1.98. The fraction of sp³-hybridized carbons (Fsp3) is 0.0909. The van der Waals surface area contributed by atoms with E-state index in [1.54, 1.807) is 6.07 Å². The third kappa shape index (κ3) is 3.01. The number of hydrogen-bond donors (Lipinski definition) is 0. The Kier molecular flexibility index (Phi) is 4.21. The molecule has 0 spiro atoms. The van der Waals surface area contributed by atoms with E-state index in [4.69, 9.17) is 16.3 Å². The molecule has 0 saturated carbocycles. The van der Waals surface area contributed by atoms with E-state index < -0.39 is 4.92 Å². The maximum Gasteiger partial charge on any atom is 0.312 e. The lowest BCUT2D eigenvalue weighted by molar-refractivity contribution is -0.385. The van der Waals surface area contributed by atoms with Crippen LogP contribution in [0, 0.1) is 10.1 Å². The molecule has 0 unspecified atom stereocenters. The maximum absolute atomic E-state index is 10.9. The Hall–Kier alpha value is -1.11. The molecule has 18 heavy (non-hydrogen) atoms. The molecule has 0 aliphatic rings. The molecule has 0 bridgehead atoms. The van der Waals surface area contributed by atoms with Gasteiger partial charge >= 0.3 is 5.69 Å². The van der Waals surface area contributed by atoms with Crippen molar-refractivity contribution in [3.8, 4) is 5.75 Å². The number of nitrogens with zero attached hydrogens (tertiary/aromatic N) is 1. The highest BCUT2D eigenvalue weighted by Crippen LogP contribution is 2.35. The van der Waals surface area contributed by atoms with Crippen LogP contribution in [-0.2, 0) is 6.61 Å². The minimum absolute atomic E-state index is 0.105. The number of para-hydroxylation sites is 1. The Labute approximate surface area is 120 Å². The quantitative estimate of drug-likeness (QED) is 0.597. The molecule has 0 aliphatic carbocycles. The molecule has 1 aromatic heterocycles. The molecule has 0 amide bonds. The van der Waals surface area contributed by atoms with Crippen LogP contribution in [0.4, 0.5) is 5.69 Å². The van der Waals surface area contributed by atoms with E-state index in [0.29, 0.717) is 0 Å². The Balaban J connectivity index is 2.20. The Morgan fingerprint density at radius 3 is 2.89 bits per heavy atom. The van der Waals surface area contributed by atoms with Crippen LogP contribution in [0.5, 0.6) is 5.75 Å². The fourth-order valence-electron chi connectivity index (χ4n) is 1.36. The van der Waals surface area contributed by atoms with Crippen molar-refractivity contribution in [3.63, 3.8) is 0 Å². The van der Waals surface area contributed by atoms with Crippen molar-refractivity contribution in [3.05, 3.63) is 54.1 Å². The highest BCUT2D eigenvalue weighted by molar-refractivity contribution is 9.10. The molecule has 94 valence electrons.